The molecule has 0 aromatic carbocycles. The normalized spacial score (nSPS) is 13.0. The van der Waals surface area contributed by atoms with Gasteiger partial charge in [0, 0.05) is 0 Å². The lowest BCUT2D eigenvalue weighted by atomic mass is 10.2. The van der Waals surface area contributed by atoms with Gasteiger partial charge in [-0.1, -0.05) is 37.6 Å². The average Bonchev–Trinajstić information content (AvgIpc) is 1.85. The molecule has 0 aromatic rings. The van der Waals surface area contributed by atoms with Gasteiger partial charge in [0.05, 0.1) is 0 Å². The second kappa shape index (κ2) is 5.61. The van der Waals surface area contributed by atoms with E-state index in [0.29, 0.717) is 0 Å². The molecule has 0 aliphatic rings. The zero-order chi connectivity index (χ0) is 7.11. The Bertz CT molecular complexity index is 107. The molecule has 52 valence electrons. The third-order valence-corrected chi connectivity index (χ3v) is 1.14. The van der Waals surface area contributed by atoms with E-state index in [-0.39, 0.29) is 0 Å². The van der Waals surface area contributed by atoms with Crippen LogP contribution in [0.25, 0.3) is 0 Å². The van der Waals surface area contributed by atoms with Crippen LogP contribution in [0.2, 0.25) is 0 Å². The molecular formula is C9H16. The summed E-state index contributed by atoms with van der Waals surface area (Å²) < 4.78 is 0. The summed E-state index contributed by atoms with van der Waals surface area (Å²) in [5.74, 6) is 0. The van der Waals surface area contributed by atoms with Crippen molar-refractivity contribution in [2.45, 2.75) is 33.6 Å². The number of hydrogen-bond acceptors (Lipinski definition) is 0. The van der Waals surface area contributed by atoms with E-state index < -0.39 is 0 Å². The highest BCUT2D eigenvalue weighted by atomic mass is 13.8. The molecule has 0 aliphatic carbocycles. The van der Waals surface area contributed by atoms with Crippen LogP contribution in [0.5, 0.6) is 0 Å². The fraction of sp³-hybridized carbons (Fsp3) is 0.556. The van der Waals surface area contributed by atoms with Gasteiger partial charge in [0.1, 0.15) is 0 Å². The predicted molar refractivity (Wildman–Crippen MR) is 43.5 cm³/mol. The Morgan fingerprint density at radius 2 is 1.89 bits per heavy atom. The fourth-order valence-electron chi connectivity index (χ4n) is 0.694. The highest BCUT2D eigenvalue weighted by Gasteiger charge is 1.75. The Morgan fingerprint density at radius 1 is 1.22 bits per heavy atom. The molecule has 0 heterocycles. The maximum absolute atomic E-state index is 2.23. The highest BCUT2D eigenvalue weighted by molar-refractivity contribution is 5.14. The molecule has 0 aromatic heterocycles. The third kappa shape index (κ3) is 5.35. The molecule has 0 atom stereocenters. The summed E-state index contributed by atoms with van der Waals surface area (Å²) in [7, 11) is 0. The van der Waals surface area contributed by atoms with Crippen molar-refractivity contribution in [2.75, 3.05) is 0 Å². The average molecular weight is 124 g/mol. The lowest BCUT2D eigenvalue weighted by Gasteiger charge is -1.87. The van der Waals surface area contributed by atoms with E-state index in [9.17, 15) is 0 Å². The Morgan fingerprint density at radius 3 is 2.33 bits per heavy atom. The minimum absolute atomic E-state index is 1.13. The molecule has 0 aliphatic heterocycles. The van der Waals surface area contributed by atoms with Crippen molar-refractivity contribution >= 4 is 0 Å². The van der Waals surface area contributed by atoms with Crippen LogP contribution in [0.4, 0.5) is 0 Å². The first-order chi connectivity index (χ1) is 4.31. The van der Waals surface area contributed by atoms with Crippen LogP contribution < -0.4 is 0 Å². The van der Waals surface area contributed by atoms with Gasteiger partial charge in [-0.15, -0.1) is 0 Å². The van der Waals surface area contributed by atoms with Crippen molar-refractivity contribution in [1.29, 1.82) is 0 Å². The molecule has 9 heavy (non-hydrogen) atoms. The lowest BCUT2D eigenvalue weighted by molar-refractivity contribution is 1.18. The van der Waals surface area contributed by atoms with Crippen molar-refractivity contribution in [3.05, 3.63) is 23.8 Å². The first-order valence-corrected chi connectivity index (χ1v) is 3.64. The van der Waals surface area contributed by atoms with Gasteiger partial charge < -0.3 is 0 Å². The number of hydrogen-bond donors (Lipinski definition) is 0. The van der Waals surface area contributed by atoms with Crippen molar-refractivity contribution in [3.8, 4) is 0 Å². The molecule has 0 rings (SSSR count). The van der Waals surface area contributed by atoms with E-state index in [1.165, 1.54) is 5.57 Å². The van der Waals surface area contributed by atoms with Crippen molar-refractivity contribution < 1.29 is 0 Å². The Kier molecular flexibility index (Phi) is 5.29. The van der Waals surface area contributed by atoms with Gasteiger partial charge in [-0.2, -0.15) is 0 Å². The summed E-state index contributed by atoms with van der Waals surface area (Å²) >= 11 is 0. The SMILES string of the molecule is CC/C=C\C(C)=C\CC. The van der Waals surface area contributed by atoms with E-state index in [1.807, 2.05) is 0 Å². The van der Waals surface area contributed by atoms with Gasteiger partial charge in [0.15, 0.2) is 0 Å². The zero-order valence-electron chi connectivity index (χ0n) is 6.65. The molecule has 0 unspecified atom stereocenters. The predicted octanol–water partition coefficient (Wildman–Crippen LogP) is 3.31. The minimum atomic E-state index is 1.13. The first-order valence-electron chi connectivity index (χ1n) is 3.64. The molecule has 0 amide bonds. The Hall–Kier alpha value is -0.520. The van der Waals surface area contributed by atoms with Crippen molar-refractivity contribution in [3.63, 3.8) is 0 Å². The standard InChI is InChI=1S/C9H16/c1-4-6-8-9(3)7-5-2/h6-8H,4-5H2,1-3H3/b8-6-,9-7+. The smallest absolute Gasteiger partial charge is 0.0374 e. The van der Waals surface area contributed by atoms with Gasteiger partial charge in [0.2, 0.25) is 0 Å². The molecule has 0 heteroatoms. The van der Waals surface area contributed by atoms with E-state index in [1.54, 1.807) is 0 Å². The fourth-order valence-corrected chi connectivity index (χ4v) is 0.694. The molecule has 0 saturated heterocycles. The van der Waals surface area contributed by atoms with Crippen LogP contribution in [-0.2, 0) is 0 Å². The molecule has 0 bridgehead atoms. The molecule has 0 nitrogen and oxygen atoms in total. The molecule has 0 radical (unpaired) electrons. The van der Waals surface area contributed by atoms with Crippen molar-refractivity contribution in [1.82, 2.24) is 0 Å². The van der Waals surface area contributed by atoms with Crippen LogP contribution >= 0.6 is 0 Å². The van der Waals surface area contributed by atoms with Crippen molar-refractivity contribution in [2.24, 2.45) is 0 Å². The van der Waals surface area contributed by atoms with E-state index >= 15 is 0 Å². The second-order valence-corrected chi connectivity index (χ2v) is 2.17. The van der Waals surface area contributed by atoms with Crippen LogP contribution in [-0.4, -0.2) is 0 Å². The summed E-state index contributed by atoms with van der Waals surface area (Å²) in [6.45, 7) is 6.44. The number of rotatable bonds is 3. The summed E-state index contributed by atoms with van der Waals surface area (Å²) in [6, 6.07) is 0. The largest absolute Gasteiger partial charge is 0.0846 e. The maximum Gasteiger partial charge on any atom is -0.0374 e. The molecule has 0 spiro atoms. The molecule has 0 fully saturated rings. The van der Waals surface area contributed by atoms with Crippen LogP contribution in [0, 0.1) is 0 Å². The minimum Gasteiger partial charge on any atom is -0.0846 e. The van der Waals surface area contributed by atoms with Gasteiger partial charge in [-0.05, 0) is 19.8 Å². The molecular weight excluding hydrogens is 108 g/mol. The Balaban J connectivity index is 3.60. The zero-order valence-corrected chi connectivity index (χ0v) is 6.65. The highest BCUT2D eigenvalue weighted by Crippen LogP contribution is 1.97. The monoisotopic (exact) mass is 124 g/mol. The van der Waals surface area contributed by atoms with Gasteiger partial charge in [-0.25, -0.2) is 0 Å². The lowest BCUT2D eigenvalue weighted by Crippen LogP contribution is -1.66. The molecule has 0 N–H and O–H groups in total. The van der Waals surface area contributed by atoms with Crippen LogP contribution in [0.1, 0.15) is 33.6 Å². The van der Waals surface area contributed by atoms with E-state index in [0.717, 1.165) is 12.8 Å². The number of allylic oxidation sites excluding steroid dienone is 4. The van der Waals surface area contributed by atoms with Gasteiger partial charge in [-0.3, -0.25) is 0 Å². The van der Waals surface area contributed by atoms with Crippen LogP contribution in [0.3, 0.4) is 0 Å². The topological polar surface area (TPSA) is 0 Å². The second-order valence-electron chi connectivity index (χ2n) is 2.17. The summed E-state index contributed by atoms with van der Waals surface area (Å²) in [6.07, 6.45) is 8.85. The Labute approximate surface area is 58.3 Å². The van der Waals surface area contributed by atoms with E-state index in [4.69, 9.17) is 0 Å². The summed E-state index contributed by atoms with van der Waals surface area (Å²) in [4.78, 5) is 0. The quantitative estimate of drug-likeness (QED) is 0.506. The van der Waals surface area contributed by atoms with Gasteiger partial charge >= 0.3 is 0 Å². The van der Waals surface area contributed by atoms with Gasteiger partial charge in [0.25, 0.3) is 0 Å². The summed E-state index contributed by atoms with van der Waals surface area (Å²) in [5, 5.41) is 0. The third-order valence-electron chi connectivity index (χ3n) is 1.14. The van der Waals surface area contributed by atoms with E-state index in [2.05, 4.69) is 39.0 Å². The summed E-state index contributed by atoms with van der Waals surface area (Å²) in [5.41, 5.74) is 1.37. The molecule has 0 saturated carbocycles. The first kappa shape index (κ1) is 8.48. The maximum atomic E-state index is 2.23. The van der Waals surface area contributed by atoms with Crippen LogP contribution in [0.15, 0.2) is 23.8 Å².